The lowest BCUT2D eigenvalue weighted by Crippen LogP contribution is -2.32. The van der Waals surface area contributed by atoms with E-state index in [9.17, 15) is 0 Å². The van der Waals surface area contributed by atoms with Crippen molar-refractivity contribution in [3.63, 3.8) is 0 Å². The Morgan fingerprint density at radius 3 is 2.81 bits per heavy atom. The smallest absolute Gasteiger partial charge is 0.124 e. The highest BCUT2D eigenvalue weighted by Gasteiger charge is 2.25. The summed E-state index contributed by atoms with van der Waals surface area (Å²) in [5, 5.41) is 0. The minimum absolute atomic E-state index is 0.510. The van der Waals surface area contributed by atoms with Gasteiger partial charge < -0.3 is 4.74 Å². The number of benzene rings is 1. The maximum atomic E-state index is 5.70. The van der Waals surface area contributed by atoms with E-state index in [2.05, 4.69) is 46.8 Å². The fourth-order valence-electron chi connectivity index (χ4n) is 2.39. The molecular weight excluding hydrogens is 266 g/mol. The predicted molar refractivity (Wildman–Crippen MR) is 69.9 cm³/mol. The van der Waals surface area contributed by atoms with Crippen LogP contribution in [0.1, 0.15) is 31.9 Å². The first-order chi connectivity index (χ1) is 7.76. The third kappa shape index (κ3) is 2.25. The fourth-order valence-corrected chi connectivity index (χ4v) is 2.77. The lowest BCUT2D eigenvalue weighted by Gasteiger charge is -2.34. The summed E-state index contributed by atoms with van der Waals surface area (Å²) in [6.45, 7) is 7.45. The van der Waals surface area contributed by atoms with Crippen LogP contribution in [0.4, 0.5) is 0 Å². The highest BCUT2D eigenvalue weighted by atomic mass is 79.9. The van der Waals surface area contributed by atoms with Gasteiger partial charge in [0.2, 0.25) is 0 Å². The van der Waals surface area contributed by atoms with E-state index in [4.69, 9.17) is 4.74 Å². The van der Waals surface area contributed by atoms with Crippen molar-refractivity contribution in [1.82, 2.24) is 4.90 Å². The number of hydrogen-bond donors (Lipinski definition) is 0. The van der Waals surface area contributed by atoms with Crippen LogP contribution in [-0.4, -0.2) is 24.6 Å². The fraction of sp³-hybridized carbons (Fsp3) is 0.538. The molecule has 0 bridgehead atoms. The summed E-state index contributed by atoms with van der Waals surface area (Å²) in [5.74, 6) is 1.05. The summed E-state index contributed by atoms with van der Waals surface area (Å²) >= 11 is 3.54. The van der Waals surface area contributed by atoms with Gasteiger partial charge in [-0.25, -0.2) is 0 Å². The number of halogens is 1. The van der Waals surface area contributed by atoms with Crippen LogP contribution in [0.15, 0.2) is 22.7 Å². The molecule has 2 nitrogen and oxygen atoms in total. The van der Waals surface area contributed by atoms with Gasteiger partial charge in [0.25, 0.3) is 0 Å². The second-order valence-corrected chi connectivity index (χ2v) is 4.97. The number of nitrogens with zero attached hydrogens (tertiary/aromatic N) is 1. The molecule has 0 aliphatic carbocycles. The van der Waals surface area contributed by atoms with Gasteiger partial charge in [-0.2, -0.15) is 0 Å². The van der Waals surface area contributed by atoms with Crippen LogP contribution in [0.5, 0.6) is 5.75 Å². The van der Waals surface area contributed by atoms with Crippen LogP contribution >= 0.6 is 15.9 Å². The Balaban J connectivity index is 2.34. The van der Waals surface area contributed by atoms with E-state index < -0.39 is 0 Å². The number of rotatable bonds is 3. The van der Waals surface area contributed by atoms with Gasteiger partial charge in [-0.05, 0) is 31.3 Å². The molecule has 0 saturated carbocycles. The van der Waals surface area contributed by atoms with E-state index in [1.54, 1.807) is 0 Å². The lowest BCUT2D eigenvalue weighted by molar-refractivity contribution is 0.151. The Labute approximate surface area is 106 Å². The van der Waals surface area contributed by atoms with E-state index in [0.29, 0.717) is 6.04 Å². The van der Waals surface area contributed by atoms with Crippen molar-refractivity contribution >= 4 is 15.9 Å². The zero-order valence-electron chi connectivity index (χ0n) is 9.87. The van der Waals surface area contributed by atoms with Gasteiger partial charge in [0.15, 0.2) is 0 Å². The Morgan fingerprint density at radius 2 is 2.12 bits per heavy atom. The van der Waals surface area contributed by atoms with Crippen LogP contribution in [-0.2, 0) is 0 Å². The first kappa shape index (κ1) is 11.9. The topological polar surface area (TPSA) is 12.5 Å². The van der Waals surface area contributed by atoms with E-state index in [1.807, 2.05) is 6.07 Å². The third-order valence-corrected chi connectivity index (χ3v) is 3.73. The molecule has 88 valence electrons. The number of ether oxygens (including phenoxy) is 1. The lowest BCUT2D eigenvalue weighted by atomic mass is 9.99. The zero-order valence-corrected chi connectivity index (χ0v) is 11.5. The SMILES string of the molecule is CCN(CC)C1CCOc2ccc(Br)cc21. The normalized spacial score (nSPS) is 19.4. The summed E-state index contributed by atoms with van der Waals surface area (Å²) in [4.78, 5) is 2.49. The summed E-state index contributed by atoms with van der Waals surface area (Å²) in [6, 6.07) is 6.81. The van der Waals surface area contributed by atoms with Crippen LogP contribution in [0.25, 0.3) is 0 Å². The minimum atomic E-state index is 0.510. The second-order valence-electron chi connectivity index (χ2n) is 4.06. The molecule has 0 radical (unpaired) electrons. The molecule has 1 unspecified atom stereocenters. The molecule has 1 aliphatic heterocycles. The number of hydrogen-bond acceptors (Lipinski definition) is 2. The van der Waals surface area contributed by atoms with Gasteiger partial charge >= 0.3 is 0 Å². The van der Waals surface area contributed by atoms with Gasteiger partial charge in [0.05, 0.1) is 6.61 Å². The quantitative estimate of drug-likeness (QED) is 0.840. The summed E-state index contributed by atoms with van der Waals surface area (Å²) in [6.07, 6.45) is 1.09. The molecule has 2 rings (SSSR count). The van der Waals surface area contributed by atoms with Gasteiger partial charge in [-0.1, -0.05) is 29.8 Å². The van der Waals surface area contributed by atoms with E-state index in [-0.39, 0.29) is 0 Å². The average molecular weight is 284 g/mol. The van der Waals surface area contributed by atoms with E-state index in [0.717, 1.165) is 36.3 Å². The third-order valence-electron chi connectivity index (χ3n) is 3.23. The van der Waals surface area contributed by atoms with Gasteiger partial charge in [-0.3, -0.25) is 4.90 Å². The van der Waals surface area contributed by atoms with Crippen molar-refractivity contribution in [1.29, 1.82) is 0 Å². The Morgan fingerprint density at radius 1 is 1.38 bits per heavy atom. The molecule has 1 atom stereocenters. The van der Waals surface area contributed by atoms with E-state index >= 15 is 0 Å². The first-order valence-electron chi connectivity index (χ1n) is 5.92. The monoisotopic (exact) mass is 283 g/mol. The van der Waals surface area contributed by atoms with Crippen molar-refractivity contribution < 1.29 is 4.74 Å². The Hall–Kier alpha value is -0.540. The number of fused-ring (bicyclic) bond motifs is 1. The Kier molecular flexibility index (Phi) is 3.87. The van der Waals surface area contributed by atoms with Crippen molar-refractivity contribution in [2.75, 3.05) is 19.7 Å². The molecule has 1 heterocycles. The predicted octanol–water partition coefficient (Wildman–Crippen LogP) is 3.61. The largest absolute Gasteiger partial charge is 0.493 e. The zero-order chi connectivity index (χ0) is 11.5. The van der Waals surface area contributed by atoms with Gasteiger partial charge in [0.1, 0.15) is 5.75 Å². The molecule has 0 saturated heterocycles. The molecule has 1 aliphatic rings. The van der Waals surface area contributed by atoms with Crippen molar-refractivity contribution in [2.45, 2.75) is 26.3 Å². The minimum Gasteiger partial charge on any atom is -0.493 e. The first-order valence-corrected chi connectivity index (χ1v) is 6.71. The summed E-state index contributed by atoms with van der Waals surface area (Å²) < 4.78 is 6.83. The summed E-state index contributed by atoms with van der Waals surface area (Å²) in [5.41, 5.74) is 1.32. The molecule has 1 aromatic carbocycles. The van der Waals surface area contributed by atoms with Gasteiger partial charge in [0, 0.05) is 22.5 Å². The maximum Gasteiger partial charge on any atom is 0.124 e. The molecule has 0 N–H and O–H groups in total. The molecule has 0 amide bonds. The van der Waals surface area contributed by atoms with Crippen molar-refractivity contribution in [2.24, 2.45) is 0 Å². The van der Waals surface area contributed by atoms with Crippen molar-refractivity contribution in [3.05, 3.63) is 28.2 Å². The molecule has 0 spiro atoms. The molecule has 0 aromatic heterocycles. The molecule has 3 heteroatoms. The molecule has 16 heavy (non-hydrogen) atoms. The molecule has 0 fully saturated rings. The standard InChI is InChI=1S/C13H18BrNO/c1-3-15(4-2)12-7-8-16-13-6-5-10(14)9-11(12)13/h5-6,9,12H,3-4,7-8H2,1-2H3. The van der Waals surface area contributed by atoms with E-state index in [1.165, 1.54) is 5.56 Å². The van der Waals surface area contributed by atoms with Crippen LogP contribution in [0, 0.1) is 0 Å². The molecule has 1 aromatic rings. The highest BCUT2D eigenvalue weighted by molar-refractivity contribution is 9.10. The van der Waals surface area contributed by atoms with Crippen LogP contribution in [0.2, 0.25) is 0 Å². The highest BCUT2D eigenvalue weighted by Crippen LogP contribution is 2.37. The average Bonchev–Trinajstić information content (AvgIpc) is 2.31. The van der Waals surface area contributed by atoms with Crippen LogP contribution < -0.4 is 4.74 Å². The van der Waals surface area contributed by atoms with Gasteiger partial charge in [-0.15, -0.1) is 0 Å². The maximum absolute atomic E-state index is 5.70. The second kappa shape index (κ2) is 5.19. The summed E-state index contributed by atoms with van der Waals surface area (Å²) in [7, 11) is 0. The molecular formula is C13H18BrNO. The van der Waals surface area contributed by atoms with Crippen molar-refractivity contribution in [3.8, 4) is 5.75 Å². The van der Waals surface area contributed by atoms with Crippen LogP contribution in [0.3, 0.4) is 0 Å². The Bertz CT molecular complexity index is 363.